The van der Waals surface area contributed by atoms with E-state index in [0.717, 1.165) is 36.6 Å². The Morgan fingerprint density at radius 2 is 2.13 bits per heavy atom. The highest BCUT2D eigenvalue weighted by molar-refractivity contribution is 5.67. The summed E-state index contributed by atoms with van der Waals surface area (Å²) in [7, 11) is 0. The van der Waals surface area contributed by atoms with Crippen molar-refractivity contribution in [2.24, 2.45) is 5.92 Å². The summed E-state index contributed by atoms with van der Waals surface area (Å²) < 4.78 is 1.95. The molecule has 1 atom stereocenters. The normalized spacial score (nSPS) is 16.1. The standard InChI is InChI=1S/C21H24N8O/c22-7-17-10-26-21(12-24-17)28-20-6-18(25-9-15-2-1-4-23-8-15)19(11-27-20)29-5-3-16(13-29)14-30/h3,5-6,10-13,15,23,30H,1-2,4,8-9,14H2,(H2,25,26,27,28). The molecule has 9 nitrogen and oxygen atoms in total. The number of hydrogen-bond acceptors (Lipinski definition) is 8. The molecule has 4 rings (SSSR count). The van der Waals surface area contributed by atoms with Crippen molar-refractivity contribution in [1.29, 1.82) is 5.26 Å². The van der Waals surface area contributed by atoms with Gasteiger partial charge in [-0.1, -0.05) is 0 Å². The second-order valence-corrected chi connectivity index (χ2v) is 7.29. The third-order valence-corrected chi connectivity index (χ3v) is 5.10. The molecule has 1 saturated heterocycles. The molecule has 0 saturated carbocycles. The number of piperidine rings is 1. The number of nitriles is 1. The van der Waals surface area contributed by atoms with Gasteiger partial charge in [0, 0.05) is 25.0 Å². The van der Waals surface area contributed by atoms with Gasteiger partial charge in [-0.15, -0.1) is 0 Å². The highest BCUT2D eigenvalue weighted by atomic mass is 16.3. The number of aliphatic hydroxyl groups is 1. The first-order valence-corrected chi connectivity index (χ1v) is 9.97. The zero-order chi connectivity index (χ0) is 20.8. The first-order valence-electron chi connectivity index (χ1n) is 9.97. The molecule has 4 heterocycles. The van der Waals surface area contributed by atoms with Crippen molar-refractivity contribution < 1.29 is 5.11 Å². The minimum absolute atomic E-state index is 0.00602. The fourth-order valence-corrected chi connectivity index (χ4v) is 3.48. The first-order chi connectivity index (χ1) is 14.7. The molecule has 0 spiro atoms. The molecule has 30 heavy (non-hydrogen) atoms. The van der Waals surface area contributed by atoms with E-state index in [4.69, 9.17) is 5.26 Å². The van der Waals surface area contributed by atoms with E-state index in [1.165, 1.54) is 25.2 Å². The number of aromatic nitrogens is 4. The van der Waals surface area contributed by atoms with Gasteiger partial charge >= 0.3 is 0 Å². The lowest BCUT2D eigenvalue weighted by Crippen LogP contribution is -2.33. The topological polar surface area (TPSA) is 124 Å². The van der Waals surface area contributed by atoms with Crippen molar-refractivity contribution in [2.45, 2.75) is 19.4 Å². The van der Waals surface area contributed by atoms with E-state index in [1.54, 1.807) is 6.20 Å². The number of aliphatic hydroxyl groups excluding tert-OH is 1. The first kappa shape index (κ1) is 19.8. The lowest BCUT2D eigenvalue weighted by atomic mass is 10.00. The number of pyridine rings is 1. The molecule has 3 aromatic rings. The van der Waals surface area contributed by atoms with Crippen LogP contribution in [0.1, 0.15) is 24.1 Å². The Morgan fingerprint density at radius 1 is 1.23 bits per heavy atom. The molecule has 0 aromatic carbocycles. The quantitative estimate of drug-likeness (QED) is 0.472. The number of nitrogens with zero attached hydrogens (tertiary/aromatic N) is 5. The average Bonchev–Trinajstić information content (AvgIpc) is 3.28. The molecule has 9 heteroatoms. The van der Waals surface area contributed by atoms with Crippen LogP contribution in [0.4, 0.5) is 17.3 Å². The number of anilines is 3. The fraction of sp³-hybridized carbons (Fsp3) is 0.333. The van der Waals surface area contributed by atoms with E-state index in [1.807, 2.05) is 35.2 Å². The molecule has 1 unspecified atom stereocenters. The second-order valence-electron chi connectivity index (χ2n) is 7.29. The van der Waals surface area contributed by atoms with E-state index in [0.29, 0.717) is 17.6 Å². The maximum Gasteiger partial charge on any atom is 0.158 e. The second kappa shape index (κ2) is 9.35. The van der Waals surface area contributed by atoms with Crippen LogP contribution in [0.25, 0.3) is 5.69 Å². The highest BCUT2D eigenvalue weighted by Crippen LogP contribution is 2.25. The van der Waals surface area contributed by atoms with Crippen LogP contribution in [-0.2, 0) is 6.61 Å². The van der Waals surface area contributed by atoms with Crippen LogP contribution in [0.5, 0.6) is 0 Å². The predicted molar refractivity (Wildman–Crippen MR) is 114 cm³/mol. The largest absolute Gasteiger partial charge is 0.392 e. The maximum atomic E-state index is 9.39. The van der Waals surface area contributed by atoms with Crippen molar-refractivity contribution in [1.82, 2.24) is 24.8 Å². The minimum Gasteiger partial charge on any atom is -0.392 e. The molecular weight excluding hydrogens is 380 g/mol. The summed E-state index contributed by atoms with van der Waals surface area (Å²) >= 11 is 0. The van der Waals surface area contributed by atoms with Crippen LogP contribution in [0.2, 0.25) is 0 Å². The molecule has 3 aromatic heterocycles. The third kappa shape index (κ3) is 4.74. The van der Waals surface area contributed by atoms with Gasteiger partial charge in [0.2, 0.25) is 0 Å². The van der Waals surface area contributed by atoms with Crippen molar-refractivity contribution in [3.8, 4) is 11.8 Å². The summed E-state index contributed by atoms with van der Waals surface area (Å²) in [6.07, 6.45) is 10.9. The Balaban J connectivity index is 1.57. The van der Waals surface area contributed by atoms with Gasteiger partial charge in [-0.2, -0.15) is 5.26 Å². The maximum absolute atomic E-state index is 9.39. The molecule has 0 radical (unpaired) electrons. The molecule has 0 aliphatic carbocycles. The van der Waals surface area contributed by atoms with Crippen LogP contribution in [0.15, 0.2) is 43.1 Å². The summed E-state index contributed by atoms with van der Waals surface area (Å²) in [5.74, 6) is 1.70. The van der Waals surface area contributed by atoms with Gasteiger partial charge in [0.25, 0.3) is 0 Å². The fourth-order valence-electron chi connectivity index (χ4n) is 3.48. The highest BCUT2D eigenvalue weighted by Gasteiger charge is 2.15. The van der Waals surface area contributed by atoms with Crippen LogP contribution in [0.3, 0.4) is 0 Å². The monoisotopic (exact) mass is 404 g/mol. The number of rotatable bonds is 7. The smallest absolute Gasteiger partial charge is 0.158 e. The molecule has 1 aliphatic heterocycles. The van der Waals surface area contributed by atoms with Gasteiger partial charge in [-0.25, -0.2) is 15.0 Å². The van der Waals surface area contributed by atoms with E-state index in [9.17, 15) is 5.11 Å². The minimum atomic E-state index is -0.00602. The average molecular weight is 404 g/mol. The van der Waals surface area contributed by atoms with Gasteiger partial charge in [-0.3, -0.25) is 0 Å². The lowest BCUT2D eigenvalue weighted by molar-refractivity contribution is 0.282. The van der Waals surface area contributed by atoms with Crippen molar-refractivity contribution in [3.63, 3.8) is 0 Å². The summed E-state index contributed by atoms with van der Waals surface area (Å²) in [6.45, 7) is 2.95. The van der Waals surface area contributed by atoms with Crippen LogP contribution in [-0.4, -0.2) is 44.3 Å². The Bertz CT molecular complexity index is 1020. The molecular formula is C21H24N8O. The molecule has 1 aliphatic rings. The Labute approximate surface area is 174 Å². The SMILES string of the molecule is N#Cc1cnc(Nc2cc(NCC3CCCNC3)c(-n3ccc(CO)c3)cn2)cn1. The van der Waals surface area contributed by atoms with E-state index in [2.05, 4.69) is 30.9 Å². The third-order valence-electron chi connectivity index (χ3n) is 5.10. The van der Waals surface area contributed by atoms with Crippen molar-refractivity contribution >= 4 is 17.3 Å². The van der Waals surface area contributed by atoms with Crippen LogP contribution < -0.4 is 16.0 Å². The summed E-state index contributed by atoms with van der Waals surface area (Å²) in [4.78, 5) is 12.7. The lowest BCUT2D eigenvalue weighted by Gasteiger charge is -2.24. The number of hydrogen-bond donors (Lipinski definition) is 4. The van der Waals surface area contributed by atoms with Crippen molar-refractivity contribution in [2.75, 3.05) is 30.3 Å². The summed E-state index contributed by atoms with van der Waals surface area (Å²) in [6, 6.07) is 5.77. The predicted octanol–water partition coefficient (Wildman–Crippen LogP) is 2.18. The zero-order valence-electron chi connectivity index (χ0n) is 16.5. The van der Waals surface area contributed by atoms with E-state index >= 15 is 0 Å². The Morgan fingerprint density at radius 3 is 2.83 bits per heavy atom. The Kier molecular flexibility index (Phi) is 6.17. The molecule has 0 amide bonds. The van der Waals surface area contributed by atoms with Gasteiger partial charge in [0.05, 0.1) is 36.6 Å². The Hall–Kier alpha value is -3.48. The van der Waals surface area contributed by atoms with Gasteiger partial charge < -0.3 is 25.6 Å². The van der Waals surface area contributed by atoms with E-state index in [-0.39, 0.29) is 12.3 Å². The molecule has 154 valence electrons. The van der Waals surface area contributed by atoms with Crippen LogP contribution in [0, 0.1) is 17.2 Å². The van der Waals surface area contributed by atoms with Gasteiger partial charge in [-0.05, 0) is 43.5 Å². The zero-order valence-corrected chi connectivity index (χ0v) is 16.5. The van der Waals surface area contributed by atoms with Gasteiger partial charge in [0.1, 0.15) is 17.7 Å². The molecule has 4 N–H and O–H groups in total. The van der Waals surface area contributed by atoms with Gasteiger partial charge in [0.15, 0.2) is 5.69 Å². The molecule has 0 bridgehead atoms. The summed E-state index contributed by atoms with van der Waals surface area (Å²) in [5, 5.41) is 28.4. The van der Waals surface area contributed by atoms with Crippen molar-refractivity contribution in [3.05, 3.63) is 54.4 Å². The summed E-state index contributed by atoms with van der Waals surface area (Å²) in [5.41, 5.74) is 2.93. The van der Waals surface area contributed by atoms with Crippen LogP contribution >= 0.6 is 0 Å². The number of nitrogens with one attached hydrogen (secondary N) is 3. The van der Waals surface area contributed by atoms with E-state index < -0.39 is 0 Å². The molecule has 1 fully saturated rings.